The molecule has 0 aliphatic carbocycles. The molecule has 2 rings (SSSR count). The van der Waals surface area contributed by atoms with Gasteiger partial charge >= 0.3 is 5.51 Å². The fourth-order valence-electron chi connectivity index (χ4n) is 2.29. The second-order valence-electron chi connectivity index (χ2n) is 4.59. The average molecular weight is 353 g/mol. The van der Waals surface area contributed by atoms with E-state index in [1.165, 1.54) is 0 Å². The zero-order chi connectivity index (χ0) is 14.1. The zero-order valence-electron chi connectivity index (χ0n) is 10.6. The van der Waals surface area contributed by atoms with E-state index in [-0.39, 0.29) is 0 Å². The molecule has 5 heteroatoms. The van der Waals surface area contributed by atoms with Crippen LogP contribution in [0.15, 0.2) is 34.1 Å². The summed E-state index contributed by atoms with van der Waals surface area (Å²) < 4.78 is 40.6. The van der Waals surface area contributed by atoms with Gasteiger partial charge in [0.05, 0.1) is 0 Å². The van der Waals surface area contributed by atoms with Crippen LogP contribution < -0.4 is 0 Å². The minimum Gasteiger partial charge on any atom is -0.160 e. The molecule has 0 aromatic heterocycles. The number of benzene rings is 1. The molecule has 0 bridgehead atoms. The molecular formula is C14H16BrF3S. The standard InChI is InChI=1S/C14H16BrF3S/c1-2-3-4-8-12-10-11-7-5-6-9-13(11)19(12,15)14(16,17)18/h5-7,9-10H,2-4,8H2,1H3. The van der Waals surface area contributed by atoms with Crippen molar-refractivity contribution in [2.24, 2.45) is 0 Å². The Morgan fingerprint density at radius 1 is 1.16 bits per heavy atom. The van der Waals surface area contributed by atoms with Gasteiger partial charge in [-0.2, -0.15) is 13.2 Å². The molecule has 0 saturated heterocycles. The second kappa shape index (κ2) is 5.52. The Morgan fingerprint density at radius 2 is 1.84 bits per heavy atom. The van der Waals surface area contributed by atoms with Gasteiger partial charge in [0.1, 0.15) is 0 Å². The Morgan fingerprint density at radius 3 is 2.47 bits per heavy atom. The van der Waals surface area contributed by atoms with Crippen molar-refractivity contribution in [3.8, 4) is 0 Å². The summed E-state index contributed by atoms with van der Waals surface area (Å²) in [5.74, 6) is 0. The van der Waals surface area contributed by atoms with Gasteiger partial charge in [-0.1, -0.05) is 38.0 Å². The topological polar surface area (TPSA) is 0 Å². The first-order valence-electron chi connectivity index (χ1n) is 6.30. The van der Waals surface area contributed by atoms with Crippen molar-refractivity contribution in [2.75, 3.05) is 0 Å². The van der Waals surface area contributed by atoms with Gasteiger partial charge in [-0.25, -0.2) is 0 Å². The van der Waals surface area contributed by atoms with Gasteiger partial charge in [0.15, 0.2) is 0 Å². The number of alkyl halides is 3. The van der Waals surface area contributed by atoms with Crippen LogP contribution >= 0.6 is 23.3 Å². The lowest BCUT2D eigenvalue weighted by atomic mass is 10.1. The predicted molar refractivity (Wildman–Crippen MR) is 79.4 cm³/mol. The third kappa shape index (κ3) is 2.59. The third-order valence-electron chi connectivity index (χ3n) is 3.25. The number of fused-ring (bicyclic) bond motifs is 1. The predicted octanol–water partition coefficient (Wildman–Crippen LogP) is 6.61. The molecular weight excluding hydrogens is 337 g/mol. The number of hydrogen-bond acceptors (Lipinski definition) is 0. The molecule has 0 saturated carbocycles. The monoisotopic (exact) mass is 352 g/mol. The summed E-state index contributed by atoms with van der Waals surface area (Å²) in [5.41, 5.74) is -3.53. The molecule has 1 aromatic rings. The first kappa shape index (κ1) is 15.0. The SMILES string of the molecule is CCCCCC1=Cc2ccccc2S1(Br)C(F)(F)F. The van der Waals surface area contributed by atoms with E-state index < -0.39 is 14.0 Å². The highest BCUT2D eigenvalue weighted by Crippen LogP contribution is 2.81. The smallest absolute Gasteiger partial charge is 0.160 e. The van der Waals surface area contributed by atoms with Crippen molar-refractivity contribution in [3.63, 3.8) is 0 Å². The van der Waals surface area contributed by atoms with Crippen molar-refractivity contribution in [1.82, 2.24) is 0 Å². The highest BCUT2D eigenvalue weighted by molar-refractivity contribution is 9.59. The number of hydrogen-bond donors (Lipinski definition) is 0. The van der Waals surface area contributed by atoms with E-state index >= 15 is 0 Å². The molecule has 0 nitrogen and oxygen atoms in total. The quantitative estimate of drug-likeness (QED) is 0.534. The Kier molecular flexibility index (Phi) is 4.35. The van der Waals surface area contributed by atoms with Crippen molar-refractivity contribution >= 4 is 29.4 Å². The molecule has 1 aliphatic heterocycles. The largest absolute Gasteiger partial charge is 0.442 e. The average Bonchev–Trinajstić information content (AvgIpc) is 2.64. The highest BCUT2D eigenvalue weighted by atomic mass is 79.9. The van der Waals surface area contributed by atoms with Crippen LogP contribution in [0.4, 0.5) is 13.2 Å². The molecule has 1 unspecified atom stereocenters. The molecule has 19 heavy (non-hydrogen) atoms. The van der Waals surface area contributed by atoms with Crippen LogP contribution in [0.1, 0.15) is 38.2 Å². The molecule has 0 spiro atoms. The minimum atomic E-state index is -4.24. The van der Waals surface area contributed by atoms with Crippen LogP contribution in [0.3, 0.4) is 0 Å². The molecule has 1 aromatic carbocycles. The van der Waals surface area contributed by atoms with Gasteiger partial charge < -0.3 is 0 Å². The van der Waals surface area contributed by atoms with E-state index in [1.807, 2.05) is 0 Å². The number of halogens is 4. The van der Waals surface area contributed by atoms with Crippen LogP contribution in [0.5, 0.6) is 0 Å². The first-order valence-corrected chi connectivity index (χ1v) is 9.77. The maximum absolute atomic E-state index is 13.5. The molecule has 1 aliphatic rings. The van der Waals surface area contributed by atoms with Crippen LogP contribution in [-0.4, -0.2) is 5.51 Å². The van der Waals surface area contributed by atoms with Gasteiger partial charge in [-0.15, -0.1) is 0 Å². The first-order chi connectivity index (χ1) is 8.91. The molecule has 0 fully saturated rings. The lowest BCUT2D eigenvalue weighted by Gasteiger charge is -2.35. The Bertz CT molecular complexity index is 496. The maximum Gasteiger partial charge on any atom is 0.442 e. The molecule has 1 heterocycles. The van der Waals surface area contributed by atoms with Crippen molar-refractivity contribution in [3.05, 3.63) is 34.7 Å². The lowest BCUT2D eigenvalue weighted by Crippen LogP contribution is -2.15. The molecule has 106 valence electrons. The van der Waals surface area contributed by atoms with Crippen LogP contribution in [-0.2, 0) is 0 Å². The number of allylic oxidation sites excluding steroid dienone is 1. The van der Waals surface area contributed by atoms with E-state index in [0.29, 0.717) is 21.8 Å². The molecule has 0 amide bonds. The van der Waals surface area contributed by atoms with E-state index in [0.717, 1.165) is 19.3 Å². The summed E-state index contributed by atoms with van der Waals surface area (Å²) in [5, 5.41) is 0. The Balaban J connectivity index is 2.38. The normalized spacial score (nSPS) is 25.6. The zero-order valence-corrected chi connectivity index (χ0v) is 13.0. The second-order valence-corrected chi connectivity index (χ2v) is 10.0. The van der Waals surface area contributed by atoms with Crippen LogP contribution in [0, 0.1) is 0 Å². The van der Waals surface area contributed by atoms with Gasteiger partial charge in [0, 0.05) is 4.90 Å². The van der Waals surface area contributed by atoms with Gasteiger partial charge in [-0.3, -0.25) is 0 Å². The Hall–Kier alpha value is -0.420. The molecule has 0 radical (unpaired) electrons. The lowest BCUT2D eigenvalue weighted by molar-refractivity contribution is -0.0355. The van der Waals surface area contributed by atoms with Crippen LogP contribution in [0.25, 0.3) is 6.08 Å². The molecule has 0 N–H and O–H groups in total. The van der Waals surface area contributed by atoms with E-state index in [4.69, 9.17) is 0 Å². The summed E-state index contributed by atoms with van der Waals surface area (Å²) >= 11 is 3.07. The fraction of sp³-hybridized carbons (Fsp3) is 0.429. The molecule has 1 atom stereocenters. The summed E-state index contributed by atoms with van der Waals surface area (Å²) in [4.78, 5) is 0.906. The van der Waals surface area contributed by atoms with Gasteiger partial charge in [0.25, 0.3) is 0 Å². The van der Waals surface area contributed by atoms with Crippen molar-refractivity contribution in [2.45, 2.75) is 43.0 Å². The van der Waals surface area contributed by atoms with Gasteiger partial charge in [-0.05, 0) is 58.7 Å². The third-order valence-corrected chi connectivity index (χ3v) is 9.30. The van der Waals surface area contributed by atoms with Gasteiger partial charge in [0.2, 0.25) is 0 Å². The summed E-state index contributed by atoms with van der Waals surface area (Å²) in [6.07, 6.45) is 5.03. The van der Waals surface area contributed by atoms with E-state index in [2.05, 4.69) is 21.7 Å². The van der Waals surface area contributed by atoms with Crippen molar-refractivity contribution < 1.29 is 13.2 Å². The van der Waals surface area contributed by atoms with Crippen molar-refractivity contribution in [1.29, 1.82) is 0 Å². The van der Waals surface area contributed by atoms with Crippen LogP contribution in [0.2, 0.25) is 0 Å². The summed E-state index contributed by atoms with van der Waals surface area (Å²) in [6, 6.07) is 6.82. The maximum atomic E-state index is 13.5. The van der Waals surface area contributed by atoms with E-state index in [1.54, 1.807) is 30.3 Å². The minimum absolute atomic E-state index is 0.397. The number of rotatable bonds is 4. The highest BCUT2D eigenvalue weighted by Gasteiger charge is 2.54. The fourth-order valence-corrected chi connectivity index (χ4v) is 6.20. The summed E-state index contributed by atoms with van der Waals surface area (Å²) in [7, 11) is -3.03. The van der Waals surface area contributed by atoms with E-state index in [9.17, 15) is 13.2 Å². The number of unbranched alkanes of at least 4 members (excludes halogenated alkanes) is 2. The Labute approximate surface area is 120 Å². The summed E-state index contributed by atoms with van der Waals surface area (Å²) in [6.45, 7) is 2.05.